The Kier molecular flexibility index (Phi) is 2.87. The van der Waals surface area contributed by atoms with E-state index in [1.807, 2.05) is 5.38 Å². The predicted octanol–water partition coefficient (Wildman–Crippen LogP) is 3.10. The highest BCUT2D eigenvalue weighted by atomic mass is 32.1. The van der Waals surface area contributed by atoms with Gasteiger partial charge in [0.1, 0.15) is 17.3 Å². The zero-order valence-corrected chi connectivity index (χ0v) is 10.5. The summed E-state index contributed by atoms with van der Waals surface area (Å²) in [6.45, 7) is 0. The van der Waals surface area contributed by atoms with Crippen LogP contribution in [0.25, 0.3) is 4.96 Å². The van der Waals surface area contributed by atoms with Crippen molar-refractivity contribution in [3.05, 3.63) is 58.9 Å². The highest BCUT2D eigenvalue weighted by Gasteiger charge is 2.14. The molecule has 0 radical (unpaired) electrons. The van der Waals surface area contributed by atoms with Gasteiger partial charge in [-0.05, 0) is 11.6 Å². The number of benzene rings is 1. The molecule has 0 saturated carbocycles. The number of halogens is 2. The molecule has 0 aliphatic rings. The minimum absolute atomic E-state index is 0.128. The van der Waals surface area contributed by atoms with Crippen LogP contribution in [-0.2, 0) is 6.42 Å². The van der Waals surface area contributed by atoms with E-state index < -0.39 is 11.6 Å². The summed E-state index contributed by atoms with van der Waals surface area (Å²) in [6, 6.07) is 3.19. The van der Waals surface area contributed by atoms with Gasteiger partial charge in [0, 0.05) is 30.3 Å². The molecule has 3 rings (SSSR count). The molecule has 6 heteroatoms. The fourth-order valence-electron chi connectivity index (χ4n) is 1.79. The lowest BCUT2D eigenvalue weighted by atomic mass is 10.1. The summed E-state index contributed by atoms with van der Waals surface area (Å²) in [5.74, 6) is -1.66. The van der Waals surface area contributed by atoms with Crippen LogP contribution in [0.1, 0.15) is 16.1 Å². The van der Waals surface area contributed by atoms with Crippen LogP contribution in [0, 0.1) is 11.6 Å². The molecule has 3 aromatic rings. The summed E-state index contributed by atoms with van der Waals surface area (Å²) >= 11 is 1.41. The van der Waals surface area contributed by atoms with Gasteiger partial charge in [0.25, 0.3) is 0 Å². The van der Waals surface area contributed by atoms with E-state index in [1.165, 1.54) is 17.4 Å². The van der Waals surface area contributed by atoms with E-state index in [0.29, 0.717) is 4.96 Å². The SMILES string of the molecule is O=C(Cc1ccc(F)cc1F)c1cn2ccsc2n1. The maximum Gasteiger partial charge on any atom is 0.194 e. The zero-order chi connectivity index (χ0) is 13.4. The largest absolute Gasteiger partial charge is 0.297 e. The number of Topliss-reactive ketones (excluding diaryl/α,β-unsaturated/α-hetero) is 1. The van der Waals surface area contributed by atoms with Crippen molar-refractivity contribution in [1.82, 2.24) is 9.38 Å². The normalized spacial score (nSPS) is 11.1. The minimum Gasteiger partial charge on any atom is -0.297 e. The molecule has 0 aliphatic heterocycles. The number of fused-ring (bicyclic) bond motifs is 1. The summed E-state index contributed by atoms with van der Waals surface area (Å²) in [5, 5.41) is 1.86. The maximum atomic E-state index is 13.5. The second-order valence-electron chi connectivity index (χ2n) is 4.05. The molecule has 1 aromatic carbocycles. The number of thiazole rings is 1. The maximum absolute atomic E-state index is 13.5. The Labute approximate surface area is 111 Å². The molecule has 0 unspecified atom stereocenters. The Balaban J connectivity index is 1.86. The molecule has 2 heterocycles. The van der Waals surface area contributed by atoms with E-state index in [1.54, 1.807) is 16.8 Å². The van der Waals surface area contributed by atoms with E-state index in [0.717, 1.165) is 12.1 Å². The lowest BCUT2D eigenvalue weighted by Gasteiger charge is -2.00. The first-order valence-electron chi connectivity index (χ1n) is 5.53. The van der Waals surface area contributed by atoms with Crippen LogP contribution in [0.2, 0.25) is 0 Å². The lowest BCUT2D eigenvalue weighted by molar-refractivity contribution is 0.0987. The molecule has 0 amide bonds. The van der Waals surface area contributed by atoms with Crippen LogP contribution in [0.4, 0.5) is 8.78 Å². The van der Waals surface area contributed by atoms with Crippen LogP contribution < -0.4 is 0 Å². The molecule has 96 valence electrons. The molecule has 3 nitrogen and oxygen atoms in total. The molecule has 0 fully saturated rings. The Bertz CT molecular complexity index is 734. The van der Waals surface area contributed by atoms with Gasteiger partial charge in [-0.3, -0.25) is 9.20 Å². The van der Waals surface area contributed by atoms with E-state index in [9.17, 15) is 13.6 Å². The summed E-state index contributed by atoms with van der Waals surface area (Å²) in [5.41, 5.74) is 0.457. The summed E-state index contributed by atoms with van der Waals surface area (Å²) < 4.78 is 28.0. The van der Waals surface area contributed by atoms with Gasteiger partial charge < -0.3 is 0 Å². The molecule has 0 spiro atoms. The highest BCUT2D eigenvalue weighted by molar-refractivity contribution is 7.15. The first-order valence-corrected chi connectivity index (χ1v) is 6.41. The van der Waals surface area contributed by atoms with Crippen LogP contribution >= 0.6 is 11.3 Å². The fraction of sp³-hybridized carbons (Fsp3) is 0.0769. The van der Waals surface area contributed by atoms with E-state index in [2.05, 4.69) is 4.98 Å². The lowest BCUT2D eigenvalue weighted by Crippen LogP contribution is -2.05. The van der Waals surface area contributed by atoms with Crippen molar-refractivity contribution >= 4 is 22.1 Å². The van der Waals surface area contributed by atoms with Crippen LogP contribution in [0.3, 0.4) is 0 Å². The van der Waals surface area contributed by atoms with Gasteiger partial charge in [-0.2, -0.15) is 0 Å². The third-order valence-corrected chi connectivity index (χ3v) is 3.52. The number of hydrogen-bond acceptors (Lipinski definition) is 3. The van der Waals surface area contributed by atoms with Gasteiger partial charge >= 0.3 is 0 Å². The molecule has 0 aliphatic carbocycles. The van der Waals surface area contributed by atoms with Gasteiger partial charge in [-0.25, -0.2) is 13.8 Å². The van der Waals surface area contributed by atoms with Crippen LogP contribution in [0.5, 0.6) is 0 Å². The molecule has 0 N–H and O–H groups in total. The predicted molar refractivity (Wildman–Crippen MR) is 67.5 cm³/mol. The van der Waals surface area contributed by atoms with Crippen molar-refractivity contribution in [3.63, 3.8) is 0 Å². The number of hydrogen-bond donors (Lipinski definition) is 0. The Morgan fingerprint density at radius 2 is 2.21 bits per heavy atom. The van der Waals surface area contributed by atoms with Crippen molar-refractivity contribution in [3.8, 4) is 0 Å². The number of rotatable bonds is 3. The van der Waals surface area contributed by atoms with Gasteiger partial charge in [0.15, 0.2) is 10.7 Å². The first kappa shape index (κ1) is 12.0. The van der Waals surface area contributed by atoms with Crippen molar-refractivity contribution in [2.45, 2.75) is 6.42 Å². The van der Waals surface area contributed by atoms with E-state index >= 15 is 0 Å². The van der Waals surface area contributed by atoms with Gasteiger partial charge in [0.05, 0.1) is 0 Å². The third-order valence-electron chi connectivity index (χ3n) is 2.75. The van der Waals surface area contributed by atoms with Gasteiger partial charge in [-0.15, -0.1) is 11.3 Å². The molecule has 0 saturated heterocycles. The van der Waals surface area contributed by atoms with Crippen molar-refractivity contribution in [2.75, 3.05) is 0 Å². The van der Waals surface area contributed by atoms with Crippen LogP contribution in [0.15, 0.2) is 36.0 Å². The van der Waals surface area contributed by atoms with Crippen LogP contribution in [-0.4, -0.2) is 15.2 Å². The minimum atomic E-state index is -0.714. The van der Waals surface area contributed by atoms with Gasteiger partial charge in [-0.1, -0.05) is 6.07 Å². The third kappa shape index (κ3) is 2.26. The molecular formula is C13H8F2N2OS. The molecule has 19 heavy (non-hydrogen) atoms. The molecular weight excluding hydrogens is 270 g/mol. The van der Waals surface area contributed by atoms with Crippen molar-refractivity contribution in [1.29, 1.82) is 0 Å². The number of imidazole rings is 1. The summed E-state index contributed by atoms with van der Waals surface area (Å²) in [4.78, 5) is 16.8. The summed E-state index contributed by atoms with van der Waals surface area (Å²) in [6.07, 6.45) is 3.27. The topological polar surface area (TPSA) is 34.4 Å². The Morgan fingerprint density at radius 1 is 1.37 bits per heavy atom. The second kappa shape index (κ2) is 4.55. The number of ketones is 1. The smallest absolute Gasteiger partial charge is 0.194 e. The number of nitrogens with zero attached hydrogens (tertiary/aromatic N) is 2. The average molecular weight is 278 g/mol. The van der Waals surface area contributed by atoms with Gasteiger partial charge in [0.2, 0.25) is 0 Å². The number of carbonyl (C=O) groups is 1. The average Bonchev–Trinajstić information content (AvgIpc) is 2.93. The second-order valence-corrected chi connectivity index (χ2v) is 4.93. The molecule has 0 atom stereocenters. The number of aromatic nitrogens is 2. The Morgan fingerprint density at radius 3 is 2.95 bits per heavy atom. The monoisotopic (exact) mass is 278 g/mol. The molecule has 2 aromatic heterocycles. The standard InChI is InChI=1S/C13H8F2N2OS/c14-9-2-1-8(10(15)6-9)5-12(18)11-7-17-3-4-19-13(17)16-11/h1-4,6-7H,5H2. The van der Waals surface area contributed by atoms with E-state index in [4.69, 9.17) is 0 Å². The highest BCUT2D eigenvalue weighted by Crippen LogP contribution is 2.15. The fourth-order valence-corrected chi connectivity index (χ4v) is 2.49. The summed E-state index contributed by atoms with van der Waals surface area (Å²) in [7, 11) is 0. The number of carbonyl (C=O) groups excluding carboxylic acids is 1. The van der Waals surface area contributed by atoms with Crippen molar-refractivity contribution in [2.24, 2.45) is 0 Å². The zero-order valence-electron chi connectivity index (χ0n) is 9.64. The van der Waals surface area contributed by atoms with Crippen molar-refractivity contribution < 1.29 is 13.6 Å². The molecule has 0 bridgehead atoms. The Hall–Kier alpha value is -2.08. The van der Waals surface area contributed by atoms with E-state index in [-0.39, 0.29) is 23.5 Å². The quantitative estimate of drug-likeness (QED) is 0.690. The first-order chi connectivity index (χ1) is 9.13.